The highest BCUT2D eigenvalue weighted by Crippen LogP contribution is 2.26. The maximum Gasteiger partial charge on any atom is 0.251 e. The zero-order valence-electron chi connectivity index (χ0n) is 17.2. The van der Waals surface area contributed by atoms with Gasteiger partial charge in [0, 0.05) is 25.1 Å². The minimum Gasteiger partial charge on any atom is -0.302 e. The van der Waals surface area contributed by atoms with E-state index in [1.165, 1.54) is 21.0 Å². The van der Waals surface area contributed by atoms with E-state index in [1.807, 2.05) is 0 Å². The zero-order valence-corrected chi connectivity index (χ0v) is 18.8. The topological polar surface area (TPSA) is 71.7 Å². The first-order chi connectivity index (χ1) is 15.7. The van der Waals surface area contributed by atoms with Gasteiger partial charge in [-0.05, 0) is 43.2 Å². The van der Waals surface area contributed by atoms with Gasteiger partial charge in [0.05, 0.1) is 21.7 Å². The summed E-state index contributed by atoms with van der Waals surface area (Å²) in [7, 11) is -3.80. The molecular formula is C22H18F3N3O3S2. The average molecular weight is 494 g/mol. The van der Waals surface area contributed by atoms with Gasteiger partial charge in [0.15, 0.2) is 10.6 Å². The number of amides is 1. The average Bonchev–Trinajstić information content (AvgIpc) is 3.11. The van der Waals surface area contributed by atoms with Crippen LogP contribution in [-0.4, -0.2) is 36.3 Å². The predicted molar refractivity (Wildman–Crippen MR) is 117 cm³/mol. The Kier molecular flexibility index (Phi) is 6.43. The number of halogens is 3. The molecule has 33 heavy (non-hydrogen) atoms. The number of piperidine rings is 1. The Hall–Kier alpha value is -2.94. The van der Waals surface area contributed by atoms with Crippen molar-refractivity contribution in [3.05, 3.63) is 58.7 Å². The van der Waals surface area contributed by atoms with Crippen molar-refractivity contribution in [3.63, 3.8) is 0 Å². The third kappa shape index (κ3) is 4.59. The van der Waals surface area contributed by atoms with Crippen LogP contribution in [0.4, 0.5) is 13.2 Å². The molecule has 0 bridgehead atoms. The summed E-state index contributed by atoms with van der Waals surface area (Å²) in [5.74, 6) is -0.717. The molecule has 11 heteroatoms. The summed E-state index contributed by atoms with van der Waals surface area (Å²) < 4.78 is 69.4. The number of fused-ring (bicyclic) bond motifs is 1. The summed E-state index contributed by atoms with van der Waals surface area (Å²) in [6.07, 6.45) is 5.86. The van der Waals surface area contributed by atoms with Gasteiger partial charge in [-0.2, -0.15) is 9.30 Å². The molecule has 1 aliphatic rings. The molecule has 1 aliphatic heterocycles. The van der Waals surface area contributed by atoms with Crippen LogP contribution in [-0.2, 0) is 21.4 Å². The Balaban J connectivity index is 1.56. The number of aromatic nitrogens is 1. The molecule has 3 aromatic rings. The third-order valence-corrected chi connectivity index (χ3v) is 8.34. The molecule has 0 spiro atoms. The molecule has 0 aliphatic carbocycles. The fourth-order valence-electron chi connectivity index (χ4n) is 3.74. The third-order valence-electron chi connectivity index (χ3n) is 5.41. The molecule has 0 unspecified atom stereocenters. The summed E-state index contributed by atoms with van der Waals surface area (Å²) in [4.78, 5) is 17.1. The molecule has 2 aromatic carbocycles. The second-order valence-corrected chi connectivity index (χ2v) is 10.4. The van der Waals surface area contributed by atoms with Crippen molar-refractivity contribution in [2.24, 2.45) is 10.9 Å². The molecule has 1 aromatic heterocycles. The number of rotatable bonds is 4. The van der Waals surface area contributed by atoms with E-state index in [-0.39, 0.29) is 52.4 Å². The van der Waals surface area contributed by atoms with E-state index in [2.05, 4.69) is 10.9 Å². The van der Waals surface area contributed by atoms with Crippen molar-refractivity contribution in [1.82, 2.24) is 8.87 Å². The fraction of sp³-hybridized carbons (Fsp3) is 0.273. The van der Waals surface area contributed by atoms with E-state index in [1.54, 1.807) is 0 Å². The maximum absolute atomic E-state index is 14.3. The van der Waals surface area contributed by atoms with Gasteiger partial charge < -0.3 is 4.57 Å². The van der Waals surface area contributed by atoms with Crippen LogP contribution in [0.1, 0.15) is 12.8 Å². The van der Waals surface area contributed by atoms with E-state index in [0.717, 1.165) is 35.6 Å². The van der Waals surface area contributed by atoms with Gasteiger partial charge >= 0.3 is 0 Å². The molecule has 6 nitrogen and oxygen atoms in total. The van der Waals surface area contributed by atoms with Crippen molar-refractivity contribution in [2.45, 2.75) is 24.3 Å². The Morgan fingerprint density at radius 1 is 1.12 bits per heavy atom. The number of hydrogen-bond donors (Lipinski definition) is 0. The zero-order chi connectivity index (χ0) is 23.8. The summed E-state index contributed by atoms with van der Waals surface area (Å²) in [6, 6.07) is 6.44. The second-order valence-electron chi connectivity index (χ2n) is 7.49. The normalized spacial score (nSPS) is 16.2. The highest BCUT2D eigenvalue weighted by Gasteiger charge is 2.32. The van der Waals surface area contributed by atoms with Gasteiger partial charge in [-0.3, -0.25) is 4.79 Å². The lowest BCUT2D eigenvalue weighted by Crippen LogP contribution is -2.40. The number of carbonyl (C=O) groups excluding carboxylic acids is 1. The summed E-state index contributed by atoms with van der Waals surface area (Å²) in [5, 5.41) is 0. The van der Waals surface area contributed by atoms with Crippen LogP contribution >= 0.6 is 11.3 Å². The van der Waals surface area contributed by atoms with Gasteiger partial charge in [0.2, 0.25) is 10.0 Å². The molecule has 0 atom stereocenters. The summed E-state index contributed by atoms with van der Waals surface area (Å²) in [5.41, 5.74) is 0.0751. The maximum atomic E-state index is 14.3. The minimum atomic E-state index is -3.80. The van der Waals surface area contributed by atoms with E-state index in [0.29, 0.717) is 0 Å². The molecule has 1 saturated heterocycles. The van der Waals surface area contributed by atoms with Crippen molar-refractivity contribution in [1.29, 1.82) is 0 Å². The molecule has 0 radical (unpaired) electrons. The van der Waals surface area contributed by atoms with Gasteiger partial charge in [0.1, 0.15) is 11.6 Å². The number of thiazole rings is 1. The smallest absolute Gasteiger partial charge is 0.251 e. The summed E-state index contributed by atoms with van der Waals surface area (Å²) >= 11 is 0.951. The van der Waals surface area contributed by atoms with Crippen LogP contribution in [0, 0.1) is 35.7 Å². The molecule has 2 heterocycles. The molecule has 0 N–H and O–H groups in total. The van der Waals surface area contributed by atoms with Crippen molar-refractivity contribution < 1.29 is 26.4 Å². The quantitative estimate of drug-likeness (QED) is 0.524. The van der Waals surface area contributed by atoms with Crippen LogP contribution in [0.15, 0.2) is 46.3 Å². The first-order valence-corrected chi connectivity index (χ1v) is 12.2. The first kappa shape index (κ1) is 23.2. The molecule has 172 valence electrons. The standard InChI is InChI=1S/C22H18F3N3O3S2/c1-2-9-28-20-18(25)12-16(24)13-19(20)32-22(28)26-21(29)14-7-10-27(11-8-14)33(30,31)17-5-3-15(23)4-6-17/h1,3-6,12-14H,7-11H2. The predicted octanol–water partition coefficient (Wildman–Crippen LogP) is 3.28. The summed E-state index contributed by atoms with van der Waals surface area (Å²) in [6.45, 7) is 0.146. The fourth-order valence-corrected chi connectivity index (χ4v) is 6.28. The Labute approximate surface area is 192 Å². The number of nitrogens with zero attached hydrogens (tertiary/aromatic N) is 3. The number of terminal acetylenes is 1. The van der Waals surface area contributed by atoms with Crippen molar-refractivity contribution >= 4 is 37.5 Å². The molecule has 1 fully saturated rings. The van der Waals surface area contributed by atoms with Crippen LogP contribution in [0.2, 0.25) is 0 Å². The highest BCUT2D eigenvalue weighted by molar-refractivity contribution is 7.89. The van der Waals surface area contributed by atoms with Crippen LogP contribution in [0.3, 0.4) is 0 Å². The lowest BCUT2D eigenvalue weighted by atomic mass is 9.98. The minimum absolute atomic E-state index is 0.0202. The second kappa shape index (κ2) is 9.13. The molecular weight excluding hydrogens is 475 g/mol. The van der Waals surface area contributed by atoms with Crippen LogP contribution < -0.4 is 4.80 Å². The van der Waals surface area contributed by atoms with E-state index in [9.17, 15) is 26.4 Å². The van der Waals surface area contributed by atoms with Crippen molar-refractivity contribution in [2.75, 3.05) is 13.1 Å². The van der Waals surface area contributed by atoms with Gasteiger partial charge in [-0.1, -0.05) is 17.3 Å². The van der Waals surface area contributed by atoms with E-state index < -0.39 is 39.3 Å². The molecule has 4 rings (SSSR count). The van der Waals surface area contributed by atoms with Crippen molar-refractivity contribution in [3.8, 4) is 12.3 Å². The number of carbonyl (C=O) groups is 1. The van der Waals surface area contributed by atoms with Gasteiger partial charge in [-0.25, -0.2) is 21.6 Å². The van der Waals surface area contributed by atoms with Gasteiger partial charge in [-0.15, -0.1) is 6.42 Å². The van der Waals surface area contributed by atoms with Gasteiger partial charge in [0.25, 0.3) is 5.91 Å². The Bertz CT molecular complexity index is 1430. The molecule has 1 amide bonds. The monoisotopic (exact) mass is 493 g/mol. The number of benzene rings is 2. The van der Waals surface area contributed by atoms with Crippen LogP contribution in [0.25, 0.3) is 10.2 Å². The van der Waals surface area contributed by atoms with E-state index in [4.69, 9.17) is 6.42 Å². The SMILES string of the molecule is C#CCn1c(=NC(=O)C2CCN(S(=O)(=O)c3ccc(F)cc3)CC2)sc2cc(F)cc(F)c21. The lowest BCUT2D eigenvalue weighted by molar-refractivity contribution is -0.122. The largest absolute Gasteiger partial charge is 0.302 e. The first-order valence-electron chi connectivity index (χ1n) is 9.97. The Morgan fingerprint density at radius 2 is 1.79 bits per heavy atom. The van der Waals surface area contributed by atoms with E-state index >= 15 is 0 Å². The number of sulfonamides is 1. The molecule has 0 saturated carbocycles. The Morgan fingerprint density at radius 3 is 2.42 bits per heavy atom. The highest BCUT2D eigenvalue weighted by atomic mass is 32.2. The number of hydrogen-bond acceptors (Lipinski definition) is 4. The van der Waals surface area contributed by atoms with Crippen LogP contribution in [0.5, 0.6) is 0 Å². The lowest BCUT2D eigenvalue weighted by Gasteiger charge is -2.29.